The van der Waals surface area contributed by atoms with Gasteiger partial charge in [-0.25, -0.2) is 13.8 Å². The van der Waals surface area contributed by atoms with Gasteiger partial charge in [-0.05, 0) is 42.3 Å². The summed E-state index contributed by atoms with van der Waals surface area (Å²) >= 11 is 2.20. The average molecular weight is 594 g/mol. The van der Waals surface area contributed by atoms with E-state index in [1.807, 2.05) is 22.4 Å². The second kappa shape index (κ2) is 9.67. The molecular weight excluding hydrogens is 573 g/mol. The Bertz CT molecular complexity index is 1400. The monoisotopic (exact) mass is 594 g/mol. The fraction of sp³-hybridized carbons (Fsp3) is 0.250. The molecule has 1 fully saturated rings. The second-order valence-electron chi connectivity index (χ2n) is 8.14. The number of morpholine rings is 1. The van der Waals surface area contributed by atoms with E-state index in [0.29, 0.717) is 18.8 Å². The smallest absolute Gasteiger partial charge is 0.251 e. The third-order valence-corrected chi connectivity index (χ3v) is 7.79. The summed E-state index contributed by atoms with van der Waals surface area (Å²) in [5.74, 6) is -1.33. The molecule has 3 aromatic heterocycles. The lowest BCUT2D eigenvalue weighted by molar-refractivity contribution is 0.122. The van der Waals surface area contributed by atoms with Gasteiger partial charge in [0.05, 0.1) is 31.1 Å². The summed E-state index contributed by atoms with van der Waals surface area (Å²) in [4.78, 5) is 20.0. The fourth-order valence-electron chi connectivity index (χ4n) is 4.30. The number of halogens is 3. The van der Waals surface area contributed by atoms with Gasteiger partial charge in [-0.2, -0.15) is 0 Å². The molecule has 0 saturated carbocycles. The predicted octanol–water partition coefficient (Wildman–Crippen LogP) is 5.44. The summed E-state index contributed by atoms with van der Waals surface area (Å²) in [6, 6.07) is 8.32. The molecule has 176 valence electrons. The summed E-state index contributed by atoms with van der Waals surface area (Å²) in [7, 11) is 1.50. The number of fused-ring (bicyclic) bond motifs is 1. The molecule has 1 aliphatic rings. The number of nitrogens with zero attached hydrogens (tertiary/aromatic N) is 4. The summed E-state index contributed by atoms with van der Waals surface area (Å²) in [5, 5.41) is 0.950. The Morgan fingerprint density at radius 3 is 2.53 bits per heavy atom. The number of anilines is 1. The summed E-state index contributed by atoms with van der Waals surface area (Å²) in [6.45, 7) is 4.71. The molecule has 1 saturated heterocycles. The van der Waals surface area contributed by atoms with Gasteiger partial charge in [-0.15, -0.1) is 0 Å². The van der Waals surface area contributed by atoms with E-state index in [2.05, 4.69) is 32.2 Å². The molecule has 34 heavy (non-hydrogen) atoms. The Morgan fingerprint density at radius 2 is 1.85 bits per heavy atom. The highest BCUT2D eigenvalue weighted by Crippen LogP contribution is 2.35. The quantitative estimate of drug-likeness (QED) is 0.289. The zero-order valence-corrected chi connectivity index (χ0v) is 21.2. The minimum Gasteiger partial charge on any atom is -0.378 e. The molecule has 6 nitrogen and oxygen atoms in total. The maximum absolute atomic E-state index is 13.7. The Kier molecular flexibility index (Phi) is 6.63. The van der Waals surface area contributed by atoms with Crippen LogP contribution in [-0.4, -0.2) is 39.8 Å². The molecule has 0 spiro atoms. The number of benzene rings is 1. The van der Waals surface area contributed by atoms with Crippen molar-refractivity contribution in [3.05, 3.63) is 82.5 Å². The third kappa shape index (κ3) is 4.46. The minimum atomic E-state index is -0.667. The Labute approximate surface area is 211 Å². The molecule has 0 aliphatic carbocycles. The van der Waals surface area contributed by atoms with Gasteiger partial charge in [0.15, 0.2) is 5.65 Å². The number of hydrogen-bond acceptors (Lipinski definition) is 5. The summed E-state index contributed by atoms with van der Waals surface area (Å²) < 4.78 is 36.3. The van der Waals surface area contributed by atoms with Gasteiger partial charge < -0.3 is 14.2 Å². The van der Waals surface area contributed by atoms with Gasteiger partial charge >= 0.3 is 0 Å². The molecule has 4 heterocycles. The molecule has 1 unspecified atom stereocenters. The maximum Gasteiger partial charge on any atom is 0.251 e. The van der Waals surface area contributed by atoms with Crippen LogP contribution in [0, 0.1) is 11.6 Å². The van der Waals surface area contributed by atoms with Crippen molar-refractivity contribution in [2.45, 2.75) is 13.0 Å². The topological polar surface area (TPSA) is 52.3 Å². The predicted molar refractivity (Wildman–Crippen MR) is 140 cm³/mol. The van der Waals surface area contributed by atoms with Crippen molar-refractivity contribution in [1.82, 2.24) is 13.5 Å². The molecule has 1 atom stereocenters. The first-order valence-corrected chi connectivity index (χ1v) is 14.1. The lowest BCUT2D eigenvalue weighted by Crippen LogP contribution is -2.36. The SMILES string of the molecule is CC(c1cc(F)cc(F)c1)n1ccc(-c2cn(SI)c3ncc(N4CCOCC4)cc23)cc1=O. The van der Waals surface area contributed by atoms with Crippen LogP contribution >= 0.6 is 30.3 Å². The van der Waals surface area contributed by atoms with Gasteiger partial charge in [0.1, 0.15) is 11.6 Å². The van der Waals surface area contributed by atoms with E-state index in [-0.39, 0.29) is 5.56 Å². The van der Waals surface area contributed by atoms with E-state index < -0.39 is 17.7 Å². The highest BCUT2D eigenvalue weighted by atomic mass is 127. The molecule has 0 amide bonds. The van der Waals surface area contributed by atoms with Crippen LogP contribution in [0.4, 0.5) is 14.5 Å². The van der Waals surface area contributed by atoms with E-state index >= 15 is 0 Å². The molecule has 0 bridgehead atoms. The van der Waals surface area contributed by atoms with Crippen LogP contribution in [-0.2, 0) is 4.74 Å². The lowest BCUT2D eigenvalue weighted by Gasteiger charge is -2.28. The number of aromatic nitrogens is 3. The maximum atomic E-state index is 13.7. The zero-order valence-electron chi connectivity index (χ0n) is 18.2. The van der Waals surface area contributed by atoms with Gasteiger partial charge in [0.25, 0.3) is 5.56 Å². The molecule has 5 rings (SSSR count). The first-order chi connectivity index (χ1) is 16.4. The van der Waals surface area contributed by atoms with Crippen LogP contribution in [0.3, 0.4) is 0 Å². The highest BCUT2D eigenvalue weighted by molar-refractivity contribution is 14.2. The normalized spacial score (nSPS) is 15.1. The van der Waals surface area contributed by atoms with Crippen molar-refractivity contribution in [3.8, 4) is 11.1 Å². The summed E-state index contributed by atoms with van der Waals surface area (Å²) in [5.41, 5.74) is 3.63. The van der Waals surface area contributed by atoms with Crippen molar-refractivity contribution in [2.24, 2.45) is 0 Å². The fourth-order valence-corrected chi connectivity index (χ4v) is 5.56. The van der Waals surface area contributed by atoms with E-state index in [4.69, 9.17) is 9.72 Å². The molecule has 0 radical (unpaired) electrons. The Balaban J connectivity index is 1.55. The zero-order chi connectivity index (χ0) is 23.8. The van der Waals surface area contributed by atoms with Crippen LogP contribution in [0.1, 0.15) is 18.5 Å². The Morgan fingerprint density at radius 1 is 1.12 bits per heavy atom. The van der Waals surface area contributed by atoms with Crippen molar-refractivity contribution >= 4 is 47.0 Å². The molecular formula is C24H21F2IN4O2S. The second-order valence-corrected chi connectivity index (χ2v) is 9.85. The first-order valence-electron chi connectivity index (χ1n) is 10.8. The van der Waals surface area contributed by atoms with Gasteiger partial charge in [0.2, 0.25) is 0 Å². The summed E-state index contributed by atoms with van der Waals surface area (Å²) in [6.07, 6.45) is 5.52. The van der Waals surface area contributed by atoms with Crippen molar-refractivity contribution in [3.63, 3.8) is 0 Å². The molecule has 1 aromatic carbocycles. The largest absolute Gasteiger partial charge is 0.378 e. The molecule has 4 aromatic rings. The van der Waals surface area contributed by atoms with Gasteiger partial charge in [0, 0.05) is 78.9 Å². The van der Waals surface area contributed by atoms with Crippen LogP contribution in [0.2, 0.25) is 0 Å². The highest BCUT2D eigenvalue weighted by Gasteiger charge is 2.18. The van der Waals surface area contributed by atoms with Crippen LogP contribution in [0.25, 0.3) is 22.2 Å². The van der Waals surface area contributed by atoms with E-state index in [1.165, 1.54) is 25.8 Å². The average Bonchev–Trinajstić information content (AvgIpc) is 3.21. The Hall–Kier alpha value is -2.44. The van der Waals surface area contributed by atoms with Crippen LogP contribution < -0.4 is 10.5 Å². The van der Waals surface area contributed by atoms with Gasteiger partial charge in [-0.1, -0.05) is 0 Å². The van der Waals surface area contributed by atoms with Gasteiger partial charge in [-0.3, -0.25) is 8.77 Å². The van der Waals surface area contributed by atoms with E-state index in [0.717, 1.165) is 47.0 Å². The first kappa shape index (κ1) is 23.3. The van der Waals surface area contributed by atoms with Crippen LogP contribution in [0.5, 0.6) is 0 Å². The minimum absolute atomic E-state index is 0.255. The molecule has 0 N–H and O–H groups in total. The van der Waals surface area contributed by atoms with E-state index in [9.17, 15) is 13.6 Å². The third-order valence-electron chi connectivity index (χ3n) is 6.09. The number of pyridine rings is 2. The number of rotatable bonds is 5. The molecule has 1 aliphatic heterocycles. The van der Waals surface area contributed by atoms with Crippen LogP contribution in [0.15, 0.2) is 59.8 Å². The lowest BCUT2D eigenvalue weighted by atomic mass is 10.1. The van der Waals surface area contributed by atoms with E-state index in [1.54, 1.807) is 19.2 Å². The van der Waals surface area contributed by atoms with Crippen molar-refractivity contribution in [1.29, 1.82) is 0 Å². The molecule has 10 heteroatoms. The number of hydrogen-bond donors (Lipinski definition) is 0. The van der Waals surface area contributed by atoms with Crippen molar-refractivity contribution < 1.29 is 13.5 Å². The van der Waals surface area contributed by atoms with Crippen molar-refractivity contribution in [2.75, 3.05) is 31.2 Å². The standard InChI is InChI=1S/C24H21F2IN4O2S/c1-15(17-8-18(25)11-19(26)9-17)30-3-2-16(10-23(30)32)22-14-31(34-27)24-21(22)12-20(13-28-24)29-4-6-33-7-5-29/h2-3,8-15H,4-7H2,1H3. The number of ether oxygens (including phenoxy) is 1.